The number of piperidine rings is 1. The molecule has 7 rings (SSSR count). The van der Waals surface area contributed by atoms with Crippen molar-refractivity contribution in [3.63, 3.8) is 0 Å². The molecule has 28 nitrogen and oxygen atoms in total. The van der Waals surface area contributed by atoms with Gasteiger partial charge in [-0.15, -0.1) is 0 Å². The molecule has 0 saturated carbocycles. The molecule has 3 fully saturated rings. The van der Waals surface area contributed by atoms with Gasteiger partial charge in [0, 0.05) is 141 Å². The molecule has 7 N–H and O–H groups in total. The van der Waals surface area contributed by atoms with Crippen LogP contribution < -0.4 is 20.9 Å². The number of aromatic amines is 1. The number of hydrogen-bond acceptors (Lipinski definition) is 22. The summed E-state index contributed by atoms with van der Waals surface area (Å²) >= 11 is 6.41. The molecule has 3 aliphatic heterocycles. The number of halogens is 2. The number of carbonyl (C=O) groups is 5. The summed E-state index contributed by atoms with van der Waals surface area (Å²) in [6.07, 6.45) is 3.69. The number of ether oxygens (including phenoxy) is 8. The van der Waals surface area contributed by atoms with E-state index >= 15 is 4.39 Å². The first-order chi connectivity index (χ1) is 45.1. The molecular formula is C63H94ClFGaN12O16. The van der Waals surface area contributed by atoms with E-state index in [0.717, 1.165) is 52.1 Å². The van der Waals surface area contributed by atoms with Crippen LogP contribution in [-0.4, -0.2) is 340 Å². The molecule has 4 aromatic rings. The Hall–Kier alpha value is -5.65. The van der Waals surface area contributed by atoms with Crippen LogP contribution in [0.5, 0.6) is 0 Å². The number of rotatable bonds is 39. The van der Waals surface area contributed by atoms with E-state index in [1.807, 2.05) is 47.2 Å². The number of nitrogens with two attached hydrogens (primary N) is 1. The van der Waals surface area contributed by atoms with Crippen LogP contribution in [0, 0.1) is 12.7 Å². The van der Waals surface area contributed by atoms with Crippen LogP contribution in [-0.2, 0) is 61.9 Å². The van der Waals surface area contributed by atoms with Crippen LogP contribution in [0.2, 0.25) is 5.02 Å². The Kier molecular flexibility index (Phi) is 35.2. The summed E-state index contributed by atoms with van der Waals surface area (Å²) in [6, 6.07) is 10.7. The molecule has 31 heteroatoms. The number of carboxylic acid groups (broad SMARTS) is 3. The van der Waals surface area contributed by atoms with E-state index < -0.39 is 17.9 Å². The molecule has 0 bridgehead atoms. The summed E-state index contributed by atoms with van der Waals surface area (Å²) in [4.78, 5) is 87.8. The second-order valence-electron chi connectivity index (χ2n) is 23.0. The smallest absolute Gasteiger partial charge is 0.317 e. The number of carboxylic acids is 3. The number of benzene rings is 2. The van der Waals surface area contributed by atoms with E-state index in [2.05, 4.69) is 20.1 Å². The fraction of sp³-hybridized carbons (Fsp3) is 0.635. The van der Waals surface area contributed by atoms with Crippen LogP contribution in [0.3, 0.4) is 0 Å². The summed E-state index contributed by atoms with van der Waals surface area (Å²) < 4.78 is 59.8. The Morgan fingerprint density at radius 2 is 1.05 bits per heavy atom. The van der Waals surface area contributed by atoms with Crippen molar-refractivity contribution in [3.05, 3.63) is 59.0 Å². The molecule has 2 amide bonds. The van der Waals surface area contributed by atoms with E-state index in [4.69, 9.17) is 65.2 Å². The zero-order valence-corrected chi connectivity index (χ0v) is 57.3. The molecule has 0 spiro atoms. The second kappa shape index (κ2) is 42.8. The Balaban J connectivity index is 0.0000140. The summed E-state index contributed by atoms with van der Waals surface area (Å²) in [5.41, 5.74) is 12.0. The van der Waals surface area contributed by atoms with Crippen LogP contribution >= 0.6 is 11.6 Å². The summed E-state index contributed by atoms with van der Waals surface area (Å²) in [5.74, 6) is -2.28. The standard InChI is InChI=1S/C63H94ClFN12O16.Ga/c1-47-38-48(40-50(65)39-47)52-42-68-63(60(61(52)76-8-4-51(66)5-9-76)62-69-53-3-2-49(64)41-54(53)70-62)77-20-18-75(19-21-77)56(79)6-22-86-24-26-88-28-30-90-32-34-92-36-37-93-35-33-91-31-29-89-27-25-87-23-7-67-55(78)43-71-10-12-72(44-57(80)81)14-16-74(46-59(84)85)17-15-73(13-11-71)45-58(82)83;/h2-3,38-42,51H,4-37,43-46,66H2,1H3,(H,67,78)(H,69,70)(H,80,81)(H,82,83)(H,84,85);. The SMILES string of the molecule is Cc1cc(F)cc(-c2cnc(N3CCN(C(=O)CCOCCOCCOCCOCCOCCOCCOCCOCCNC(=O)CN4CCN(CC(=O)O)CCN(CC(=O)O)CCN(CC(=O)O)CC4)CC3)c(-c3nc4cc(Cl)ccc4[nH]3)c2N2CCC(N)CC2)c1.[Ga]. The third-order valence-electron chi connectivity index (χ3n) is 15.9. The van der Waals surface area contributed by atoms with Crippen molar-refractivity contribution < 1.29 is 81.6 Å². The van der Waals surface area contributed by atoms with Crippen molar-refractivity contribution in [2.24, 2.45) is 5.73 Å². The van der Waals surface area contributed by atoms with E-state index in [1.165, 1.54) is 6.07 Å². The van der Waals surface area contributed by atoms with Crippen LogP contribution in [0.1, 0.15) is 24.8 Å². The average Bonchev–Trinajstić information content (AvgIpc) is 1.28. The van der Waals surface area contributed by atoms with Gasteiger partial charge in [0.15, 0.2) is 0 Å². The number of hydrogen-bond donors (Lipinski definition) is 6. The van der Waals surface area contributed by atoms with Gasteiger partial charge >= 0.3 is 17.9 Å². The number of anilines is 2. The van der Waals surface area contributed by atoms with E-state index in [-0.39, 0.29) is 109 Å². The van der Waals surface area contributed by atoms with Gasteiger partial charge in [-0.3, -0.25) is 43.6 Å². The number of imidazole rings is 1. The fourth-order valence-electron chi connectivity index (χ4n) is 11.0. The van der Waals surface area contributed by atoms with Gasteiger partial charge in [0.05, 0.1) is 161 Å². The number of pyridine rings is 1. The number of carbonyl (C=O) groups excluding carboxylic acids is 2. The summed E-state index contributed by atoms with van der Waals surface area (Å²) in [5, 5.41) is 31.7. The molecule has 3 aliphatic rings. The number of piperazine rings is 1. The molecule has 2 aromatic carbocycles. The third kappa shape index (κ3) is 27.8. The Bertz CT molecular complexity index is 2900. The number of aryl methyl sites for hydroxylation is 1. The number of nitrogens with zero attached hydrogens (tertiary/aromatic N) is 9. The van der Waals surface area contributed by atoms with Gasteiger partial charge in [-0.2, -0.15) is 0 Å². The average molecular weight is 1400 g/mol. The van der Waals surface area contributed by atoms with Crippen molar-refractivity contribution >= 4 is 83.7 Å². The predicted molar refractivity (Wildman–Crippen MR) is 351 cm³/mol. The van der Waals surface area contributed by atoms with Crippen LogP contribution in [0.4, 0.5) is 15.9 Å². The Morgan fingerprint density at radius 3 is 1.52 bits per heavy atom. The van der Waals surface area contributed by atoms with Gasteiger partial charge in [-0.25, -0.2) is 14.4 Å². The summed E-state index contributed by atoms with van der Waals surface area (Å²) in [6.45, 7) is 13.4. The predicted octanol–water partition coefficient (Wildman–Crippen LogP) is 1.70. The zero-order chi connectivity index (χ0) is 66.2. The van der Waals surface area contributed by atoms with E-state index in [9.17, 15) is 39.3 Å². The van der Waals surface area contributed by atoms with Crippen molar-refractivity contribution in [1.82, 2.24) is 44.8 Å². The normalized spacial score (nSPS) is 16.2. The topological polar surface area (TPSA) is 322 Å². The first-order valence-electron chi connectivity index (χ1n) is 32.0. The largest absolute Gasteiger partial charge is 0.480 e. The van der Waals surface area contributed by atoms with Crippen molar-refractivity contribution in [2.45, 2.75) is 32.2 Å². The molecule has 94 heavy (non-hydrogen) atoms. The van der Waals surface area contributed by atoms with Gasteiger partial charge in [0.25, 0.3) is 0 Å². The van der Waals surface area contributed by atoms with Gasteiger partial charge in [0.2, 0.25) is 11.8 Å². The number of fused-ring (bicyclic) bond motifs is 1. The number of H-pyrrole nitrogens is 1. The minimum atomic E-state index is -1.03. The number of amides is 2. The Morgan fingerprint density at radius 1 is 0.596 bits per heavy atom. The minimum Gasteiger partial charge on any atom is -0.480 e. The van der Waals surface area contributed by atoms with Gasteiger partial charge in [0.1, 0.15) is 17.5 Å². The fourth-order valence-corrected chi connectivity index (χ4v) is 11.2. The van der Waals surface area contributed by atoms with Gasteiger partial charge < -0.3 is 83.9 Å². The minimum absolute atomic E-state index is 0. The number of nitrogens with one attached hydrogen (secondary N) is 2. The molecule has 3 radical (unpaired) electrons. The second-order valence-corrected chi connectivity index (χ2v) is 23.4. The maximum Gasteiger partial charge on any atom is 0.317 e. The summed E-state index contributed by atoms with van der Waals surface area (Å²) in [7, 11) is 0. The maximum absolute atomic E-state index is 15.0. The molecule has 519 valence electrons. The van der Waals surface area contributed by atoms with Crippen LogP contribution in [0.15, 0.2) is 42.6 Å². The third-order valence-corrected chi connectivity index (χ3v) is 16.1. The van der Waals surface area contributed by atoms with E-state index in [1.54, 1.807) is 20.8 Å². The van der Waals surface area contributed by atoms with Crippen molar-refractivity contribution in [1.29, 1.82) is 0 Å². The number of aromatic nitrogens is 3. The molecule has 2 aromatic heterocycles. The van der Waals surface area contributed by atoms with E-state index in [0.29, 0.717) is 187 Å². The quantitative estimate of drug-likeness (QED) is 0.0274. The molecule has 0 unspecified atom stereocenters. The van der Waals surface area contributed by atoms with Gasteiger partial charge in [-0.1, -0.05) is 17.7 Å². The maximum atomic E-state index is 15.0. The monoisotopic (exact) mass is 1400 g/mol. The molecule has 0 aliphatic carbocycles. The van der Waals surface area contributed by atoms with Crippen LogP contribution in [0.25, 0.3) is 33.5 Å². The first kappa shape index (κ1) is 77.4. The number of aliphatic carboxylic acids is 3. The van der Waals surface area contributed by atoms with Crippen molar-refractivity contribution in [3.8, 4) is 22.5 Å². The molecular weight excluding hydrogens is 1300 g/mol. The van der Waals surface area contributed by atoms with Gasteiger partial charge in [-0.05, 0) is 61.2 Å². The molecule has 3 saturated heterocycles. The first-order valence-corrected chi connectivity index (χ1v) is 32.4. The molecule has 5 heterocycles. The zero-order valence-electron chi connectivity index (χ0n) is 54.1. The van der Waals surface area contributed by atoms with Crippen molar-refractivity contribution in [2.75, 3.05) is 240 Å². The molecule has 0 atom stereocenters. The Labute approximate surface area is 566 Å².